The summed E-state index contributed by atoms with van der Waals surface area (Å²) >= 11 is 0. The Morgan fingerprint density at radius 2 is 1.83 bits per heavy atom. The fourth-order valence-electron chi connectivity index (χ4n) is 1.78. The number of urea groups is 1. The second kappa shape index (κ2) is 8.32. The van der Waals surface area contributed by atoms with Crippen LogP contribution >= 0.6 is 0 Å². The first-order valence-corrected chi connectivity index (χ1v) is 6.99. The SMILES string of the molecule is CCCCOC(OCCCC)N1CC(C)NC1=O. The Hall–Kier alpha value is -0.810. The van der Waals surface area contributed by atoms with Crippen LogP contribution in [0, 0.1) is 0 Å². The Kier molecular flexibility index (Phi) is 7.05. The number of hydrogen-bond acceptors (Lipinski definition) is 3. The van der Waals surface area contributed by atoms with E-state index in [4.69, 9.17) is 9.47 Å². The molecule has 0 aromatic carbocycles. The normalized spacial score (nSPS) is 19.7. The molecule has 0 saturated carbocycles. The Labute approximate surface area is 110 Å². The van der Waals surface area contributed by atoms with Crippen LogP contribution in [0.4, 0.5) is 4.79 Å². The van der Waals surface area contributed by atoms with Crippen LogP contribution in [0.15, 0.2) is 0 Å². The average Bonchev–Trinajstić information content (AvgIpc) is 2.67. The molecule has 0 radical (unpaired) electrons. The van der Waals surface area contributed by atoms with Crippen LogP contribution in [0.3, 0.4) is 0 Å². The zero-order chi connectivity index (χ0) is 13.4. The third kappa shape index (κ3) is 4.82. The maximum absolute atomic E-state index is 11.7. The number of nitrogens with zero attached hydrogens (tertiary/aromatic N) is 1. The van der Waals surface area contributed by atoms with E-state index in [9.17, 15) is 4.79 Å². The van der Waals surface area contributed by atoms with E-state index >= 15 is 0 Å². The second-order valence-corrected chi connectivity index (χ2v) is 4.76. The first kappa shape index (κ1) is 15.2. The van der Waals surface area contributed by atoms with Gasteiger partial charge in [-0.1, -0.05) is 26.7 Å². The van der Waals surface area contributed by atoms with Crippen molar-refractivity contribution in [2.24, 2.45) is 0 Å². The van der Waals surface area contributed by atoms with Crippen molar-refractivity contribution in [2.75, 3.05) is 19.8 Å². The van der Waals surface area contributed by atoms with Crippen molar-refractivity contribution in [1.29, 1.82) is 0 Å². The molecule has 0 aliphatic carbocycles. The molecule has 18 heavy (non-hydrogen) atoms. The zero-order valence-corrected chi connectivity index (χ0v) is 11.8. The number of carbonyl (C=O) groups is 1. The van der Waals surface area contributed by atoms with Crippen molar-refractivity contribution in [2.45, 2.75) is 58.9 Å². The van der Waals surface area contributed by atoms with Gasteiger partial charge in [0, 0.05) is 12.6 Å². The maximum atomic E-state index is 11.7. The molecule has 1 rings (SSSR count). The monoisotopic (exact) mass is 258 g/mol. The molecule has 1 atom stereocenters. The Balaban J connectivity index is 2.44. The quantitative estimate of drug-likeness (QED) is 0.510. The molecule has 5 nitrogen and oxygen atoms in total. The number of nitrogens with one attached hydrogen (secondary N) is 1. The molecular formula is C13H26N2O3. The average molecular weight is 258 g/mol. The minimum absolute atomic E-state index is 0.0968. The molecule has 2 amide bonds. The molecule has 1 fully saturated rings. The fraction of sp³-hybridized carbons (Fsp3) is 0.923. The highest BCUT2D eigenvalue weighted by molar-refractivity contribution is 5.76. The van der Waals surface area contributed by atoms with Crippen molar-refractivity contribution in [3.8, 4) is 0 Å². The van der Waals surface area contributed by atoms with Gasteiger partial charge in [-0.05, 0) is 19.8 Å². The van der Waals surface area contributed by atoms with E-state index in [1.54, 1.807) is 4.90 Å². The summed E-state index contributed by atoms with van der Waals surface area (Å²) in [6, 6.07) is 0.0602. The lowest BCUT2D eigenvalue weighted by atomic mass is 10.3. The molecule has 106 valence electrons. The summed E-state index contributed by atoms with van der Waals surface area (Å²) in [5.41, 5.74) is 0. The predicted molar refractivity (Wildman–Crippen MR) is 70.2 cm³/mol. The molecule has 1 saturated heterocycles. The fourth-order valence-corrected chi connectivity index (χ4v) is 1.78. The van der Waals surface area contributed by atoms with Gasteiger partial charge in [-0.3, -0.25) is 4.90 Å². The minimum atomic E-state index is -0.534. The van der Waals surface area contributed by atoms with Gasteiger partial charge in [0.25, 0.3) is 0 Å². The summed E-state index contributed by atoms with van der Waals surface area (Å²) in [4.78, 5) is 13.4. The van der Waals surface area contributed by atoms with Gasteiger partial charge in [0.2, 0.25) is 6.41 Å². The largest absolute Gasteiger partial charge is 0.335 e. The van der Waals surface area contributed by atoms with E-state index < -0.39 is 6.41 Å². The highest BCUT2D eigenvalue weighted by Gasteiger charge is 2.32. The van der Waals surface area contributed by atoms with Crippen LogP contribution in [0.2, 0.25) is 0 Å². The van der Waals surface area contributed by atoms with Crippen molar-refractivity contribution in [3.05, 3.63) is 0 Å². The summed E-state index contributed by atoms with van der Waals surface area (Å²) < 4.78 is 11.3. The van der Waals surface area contributed by atoms with Crippen LogP contribution < -0.4 is 5.32 Å². The smallest absolute Gasteiger partial charge is 0.321 e. The second-order valence-electron chi connectivity index (χ2n) is 4.76. The van der Waals surface area contributed by atoms with Gasteiger partial charge >= 0.3 is 6.03 Å². The molecule has 1 unspecified atom stereocenters. The van der Waals surface area contributed by atoms with Gasteiger partial charge in [0.15, 0.2) is 0 Å². The van der Waals surface area contributed by atoms with Crippen LogP contribution in [0.25, 0.3) is 0 Å². The van der Waals surface area contributed by atoms with Crippen molar-refractivity contribution < 1.29 is 14.3 Å². The first-order valence-electron chi connectivity index (χ1n) is 6.99. The van der Waals surface area contributed by atoms with Crippen LogP contribution in [0.1, 0.15) is 46.5 Å². The lowest BCUT2D eigenvalue weighted by Crippen LogP contribution is -2.42. The molecule has 0 aromatic heterocycles. The molecule has 1 aliphatic heterocycles. The van der Waals surface area contributed by atoms with Gasteiger partial charge in [-0.15, -0.1) is 0 Å². The van der Waals surface area contributed by atoms with E-state index in [2.05, 4.69) is 19.2 Å². The Bertz CT molecular complexity index is 238. The summed E-state index contributed by atoms with van der Waals surface area (Å²) in [5.74, 6) is 0. The summed E-state index contributed by atoms with van der Waals surface area (Å²) in [7, 11) is 0. The molecular weight excluding hydrogens is 232 g/mol. The molecule has 1 heterocycles. The Morgan fingerprint density at radius 3 is 2.22 bits per heavy atom. The van der Waals surface area contributed by atoms with E-state index in [0.29, 0.717) is 19.8 Å². The topological polar surface area (TPSA) is 50.8 Å². The lowest BCUT2D eigenvalue weighted by molar-refractivity contribution is -0.205. The van der Waals surface area contributed by atoms with Gasteiger partial charge in [0.05, 0.1) is 13.2 Å². The Morgan fingerprint density at radius 1 is 1.28 bits per heavy atom. The number of hydrogen-bond donors (Lipinski definition) is 1. The zero-order valence-electron chi connectivity index (χ0n) is 11.8. The molecule has 0 spiro atoms. The van der Waals surface area contributed by atoms with Crippen LogP contribution in [-0.2, 0) is 9.47 Å². The summed E-state index contributed by atoms with van der Waals surface area (Å²) in [5, 5.41) is 2.86. The highest BCUT2D eigenvalue weighted by Crippen LogP contribution is 2.12. The van der Waals surface area contributed by atoms with E-state index in [0.717, 1.165) is 25.7 Å². The number of amides is 2. The first-order chi connectivity index (χ1) is 8.69. The third-order valence-corrected chi connectivity index (χ3v) is 2.87. The van der Waals surface area contributed by atoms with E-state index in [-0.39, 0.29) is 12.1 Å². The molecule has 0 bridgehead atoms. The van der Waals surface area contributed by atoms with Gasteiger partial charge in [-0.2, -0.15) is 0 Å². The van der Waals surface area contributed by atoms with Crippen molar-refractivity contribution in [3.63, 3.8) is 0 Å². The lowest BCUT2D eigenvalue weighted by Gasteiger charge is -2.26. The molecule has 0 aromatic rings. The molecule has 5 heteroatoms. The third-order valence-electron chi connectivity index (χ3n) is 2.87. The van der Waals surface area contributed by atoms with Crippen molar-refractivity contribution >= 4 is 6.03 Å². The van der Waals surface area contributed by atoms with Gasteiger partial charge in [0.1, 0.15) is 0 Å². The standard InChI is InChI=1S/C13H26N2O3/c1-4-6-8-17-13(18-9-7-5-2)15-10-11(3)14-12(15)16/h11,13H,4-10H2,1-3H3,(H,14,16). The number of rotatable bonds is 9. The van der Waals surface area contributed by atoms with Gasteiger partial charge in [-0.25, -0.2) is 4.79 Å². The summed E-state index contributed by atoms with van der Waals surface area (Å²) in [6.45, 7) is 8.10. The predicted octanol–water partition coefficient (Wildman–Crippen LogP) is 2.32. The molecule has 1 aliphatic rings. The van der Waals surface area contributed by atoms with Crippen LogP contribution in [-0.4, -0.2) is 43.1 Å². The van der Waals surface area contributed by atoms with E-state index in [1.807, 2.05) is 6.92 Å². The summed E-state index contributed by atoms with van der Waals surface area (Å²) in [6.07, 6.45) is 3.58. The number of carbonyl (C=O) groups excluding carboxylic acids is 1. The van der Waals surface area contributed by atoms with Crippen molar-refractivity contribution in [1.82, 2.24) is 10.2 Å². The van der Waals surface area contributed by atoms with Crippen LogP contribution in [0.5, 0.6) is 0 Å². The highest BCUT2D eigenvalue weighted by atomic mass is 16.7. The molecule has 1 N–H and O–H groups in total. The number of unbranched alkanes of at least 4 members (excludes halogenated alkanes) is 2. The minimum Gasteiger partial charge on any atom is -0.335 e. The van der Waals surface area contributed by atoms with E-state index in [1.165, 1.54) is 0 Å². The maximum Gasteiger partial charge on any atom is 0.321 e. The number of ether oxygens (including phenoxy) is 2. The van der Waals surface area contributed by atoms with Gasteiger partial charge < -0.3 is 14.8 Å².